The Morgan fingerprint density at radius 3 is 2.42 bits per heavy atom. The van der Waals surface area contributed by atoms with Crippen molar-refractivity contribution in [2.75, 3.05) is 5.32 Å². The maximum absolute atomic E-state index is 11.8. The van der Waals surface area contributed by atoms with Crippen LogP contribution in [0.25, 0.3) is 11.0 Å². The second kappa shape index (κ2) is 4.79. The van der Waals surface area contributed by atoms with Gasteiger partial charge in [-0.2, -0.15) is 0 Å². The van der Waals surface area contributed by atoms with E-state index in [1.807, 2.05) is 19.9 Å². The molecule has 6 nitrogen and oxygen atoms in total. The van der Waals surface area contributed by atoms with Crippen LogP contribution in [-0.2, 0) is 14.1 Å². The van der Waals surface area contributed by atoms with Crippen molar-refractivity contribution in [2.24, 2.45) is 14.1 Å². The zero-order valence-electron chi connectivity index (χ0n) is 11.5. The van der Waals surface area contributed by atoms with Gasteiger partial charge in [0.15, 0.2) is 0 Å². The van der Waals surface area contributed by atoms with Crippen molar-refractivity contribution in [1.82, 2.24) is 14.5 Å². The fraction of sp³-hybridized carbons (Fsp3) is 0.385. The Balaban J connectivity index is 2.35. The monoisotopic (exact) mass is 262 g/mol. The van der Waals surface area contributed by atoms with Gasteiger partial charge in [-0.15, -0.1) is 0 Å². The van der Waals surface area contributed by atoms with Crippen LogP contribution in [0.2, 0.25) is 0 Å². The summed E-state index contributed by atoms with van der Waals surface area (Å²) >= 11 is 0. The van der Waals surface area contributed by atoms with Gasteiger partial charge >= 0.3 is 11.7 Å². The molecule has 2 aromatic rings. The molecular weight excluding hydrogens is 244 g/mol. The summed E-state index contributed by atoms with van der Waals surface area (Å²) in [6, 6.07) is 5.21. The van der Waals surface area contributed by atoms with Gasteiger partial charge in [-0.3, -0.25) is 9.13 Å². The van der Waals surface area contributed by atoms with E-state index in [0.29, 0.717) is 5.69 Å². The second-order valence-electron chi connectivity index (χ2n) is 4.86. The van der Waals surface area contributed by atoms with E-state index in [1.165, 1.54) is 0 Å². The summed E-state index contributed by atoms with van der Waals surface area (Å²) < 4.78 is 3.13. The van der Waals surface area contributed by atoms with Gasteiger partial charge in [0.25, 0.3) is 0 Å². The lowest BCUT2D eigenvalue weighted by atomic mass is 10.2. The fourth-order valence-electron chi connectivity index (χ4n) is 2.01. The summed E-state index contributed by atoms with van der Waals surface area (Å²) in [5.74, 6) is 0. The molecular formula is C13H18N4O2. The number of imidazole rings is 1. The van der Waals surface area contributed by atoms with Crippen molar-refractivity contribution < 1.29 is 4.79 Å². The van der Waals surface area contributed by atoms with Gasteiger partial charge in [0.1, 0.15) is 0 Å². The van der Waals surface area contributed by atoms with E-state index in [0.717, 1.165) is 11.0 Å². The number of rotatable bonds is 2. The molecule has 0 bridgehead atoms. The van der Waals surface area contributed by atoms with Gasteiger partial charge in [0.2, 0.25) is 0 Å². The van der Waals surface area contributed by atoms with Gasteiger partial charge in [0, 0.05) is 25.8 Å². The predicted octanol–water partition coefficient (Wildman–Crippen LogP) is 1.41. The number of nitrogens with one attached hydrogen (secondary N) is 2. The van der Waals surface area contributed by atoms with Crippen LogP contribution < -0.4 is 16.3 Å². The molecule has 1 aromatic carbocycles. The summed E-state index contributed by atoms with van der Waals surface area (Å²) in [6.45, 7) is 3.79. The van der Waals surface area contributed by atoms with Crippen LogP contribution in [0.4, 0.5) is 10.5 Å². The van der Waals surface area contributed by atoms with Crippen LogP contribution in [0.1, 0.15) is 13.8 Å². The lowest BCUT2D eigenvalue weighted by molar-refractivity contribution is 0.250. The number of amides is 2. The lowest BCUT2D eigenvalue weighted by Crippen LogP contribution is -2.34. The van der Waals surface area contributed by atoms with Crippen LogP contribution in [0.15, 0.2) is 23.0 Å². The normalized spacial score (nSPS) is 11.0. The Morgan fingerprint density at radius 1 is 1.16 bits per heavy atom. The molecule has 2 N–H and O–H groups in total. The molecule has 2 rings (SSSR count). The largest absolute Gasteiger partial charge is 0.336 e. The maximum atomic E-state index is 11.8. The van der Waals surface area contributed by atoms with Crippen LogP contribution in [0.5, 0.6) is 0 Å². The zero-order chi connectivity index (χ0) is 14.2. The third-order valence-electron chi connectivity index (χ3n) is 2.95. The molecule has 19 heavy (non-hydrogen) atoms. The minimum Gasteiger partial charge on any atom is -0.336 e. The Hall–Kier alpha value is -2.24. The summed E-state index contributed by atoms with van der Waals surface area (Å²) in [7, 11) is 3.44. The molecule has 0 saturated carbocycles. The molecule has 2 amide bonds. The number of hydrogen-bond donors (Lipinski definition) is 2. The number of aromatic nitrogens is 2. The minimum atomic E-state index is -0.254. The van der Waals surface area contributed by atoms with Gasteiger partial charge in [0.05, 0.1) is 11.0 Å². The fourth-order valence-corrected chi connectivity index (χ4v) is 2.01. The van der Waals surface area contributed by atoms with Crippen molar-refractivity contribution in [1.29, 1.82) is 0 Å². The lowest BCUT2D eigenvalue weighted by Gasteiger charge is -2.10. The zero-order valence-corrected chi connectivity index (χ0v) is 11.5. The molecule has 0 unspecified atom stereocenters. The molecule has 0 aliphatic carbocycles. The number of carbonyl (C=O) groups is 1. The molecule has 102 valence electrons. The van der Waals surface area contributed by atoms with Crippen LogP contribution in [0, 0.1) is 0 Å². The number of aryl methyl sites for hydroxylation is 2. The first kappa shape index (κ1) is 13.2. The molecule has 0 radical (unpaired) electrons. The number of benzene rings is 1. The van der Waals surface area contributed by atoms with E-state index in [2.05, 4.69) is 10.6 Å². The van der Waals surface area contributed by atoms with Crippen molar-refractivity contribution >= 4 is 22.8 Å². The molecule has 0 spiro atoms. The highest BCUT2D eigenvalue weighted by atomic mass is 16.2. The molecule has 0 fully saturated rings. The Kier molecular flexibility index (Phi) is 3.33. The van der Waals surface area contributed by atoms with Crippen molar-refractivity contribution in [3.05, 3.63) is 28.7 Å². The van der Waals surface area contributed by atoms with Gasteiger partial charge in [-0.05, 0) is 32.0 Å². The molecule has 0 atom stereocenters. The molecule has 1 heterocycles. The van der Waals surface area contributed by atoms with Crippen LogP contribution in [-0.4, -0.2) is 21.2 Å². The number of carbonyl (C=O) groups excluding carboxylic acids is 1. The van der Waals surface area contributed by atoms with Gasteiger partial charge in [-0.1, -0.05) is 0 Å². The first-order valence-electron chi connectivity index (χ1n) is 6.13. The highest BCUT2D eigenvalue weighted by molar-refractivity contribution is 5.92. The molecule has 6 heteroatoms. The summed E-state index contributed by atoms with van der Waals surface area (Å²) in [4.78, 5) is 23.4. The standard InChI is InChI=1S/C13H18N4O2/c1-8(2)14-12(18)15-9-5-6-10-11(7-9)17(4)13(19)16(10)3/h5-8H,1-4H3,(H2,14,15,18). The SMILES string of the molecule is CC(C)NC(=O)Nc1ccc2c(c1)n(C)c(=O)n2C. The van der Waals surface area contributed by atoms with Crippen molar-refractivity contribution in [3.8, 4) is 0 Å². The Bertz CT molecular complexity index is 682. The van der Waals surface area contributed by atoms with E-state index in [4.69, 9.17) is 0 Å². The first-order chi connectivity index (χ1) is 8.90. The van der Waals surface area contributed by atoms with E-state index in [1.54, 1.807) is 35.4 Å². The van der Waals surface area contributed by atoms with E-state index >= 15 is 0 Å². The predicted molar refractivity (Wildman–Crippen MR) is 75.5 cm³/mol. The highest BCUT2D eigenvalue weighted by Crippen LogP contribution is 2.17. The first-order valence-corrected chi connectivity index (χ1v) is 6.13. The molecule has 0 aliphatic heterocycles. The summed E-state index contributed by atoms with van der Waals surface area (Å²) in [5, 5.41) is 5.49. The Labute approximate surface area is 111 Å². The number of nitrogens with zero attached hydrogens (tertiary/aromatic N) is 2. The third kappa shape index (κ3) is 2.47. The van der Waals surface area contributed by atoms with E-state index in [9.17, 15) is 9.59 Å². The number of hydrogen-bond acceptors (Lipinski definition) is 2. The minimum absolute atomic E-state index is 0.0739. The highest BCUT2D eigenvalue weighted by Gasteiger charge is 2.09. The number of anilines is 1. The second-order valence-corrected chi connectivity index (χ2v) is 4.86. The summed E-state index contributed by atoms with van der Waals surface area (Å²) in [6.07, 6.45) is 0. The van der Waals surface area contributed by atoms with Gasteiger partial charge in [-0.25, -0.2) is 9.59 Å². The quantitative estimate of drug-likeness (QED) is 0.859. The molecule has 1 aromatic heterocycles. The number of fused-ring (bicyclic) bond motifs is 1. The third-order valence-corrected chi connectivity index (χ3v) is 2.95. The molecule has 0 aliphatic rings. The van der Waals surface area contributed by atoms with Crippen LogP contribution >= 0.6 is 0 Å². The van der Waals surface area contributed by atoms with E-state index < -0.39 is 0 Å². The topological polar surface area (TPSA) is 68.1 Å². The maximum Gasteiger partial charge on any atom is 0.328 e. The van der Waals surface area contributed by atoms with Crippen molar-refractivity contribution in [3.63, 3.8) is 0 Å². The Morgan fingerprint density at radius 2 is 1.79 bits per heavy atom. The number of urea groups is 1. The smallest absolute Gasteiger partial charge is 0.328 e. The van der Waals surface area contributed by atoms with Gasteiger partial charge < -0.3 is 10.6 Å². The van der Waals surface area contributed by atoms with Crippen molar-refractivity contribution in [2.45, 2.75) is 19.9 Å². The average Bonchev–Trinajstić information content (AvgIpc) is 2.53. The van der Waals surface area contributed by atoms with Crippen LogP contribution in [0.3, 0.4) is 0 Å². The average molecular weight is 262 g/mol. The summed E-state index contributed by atoms with van der Waals surface area (Å²) in [5.41, 5.74) is 2.20. The molecule has 0 saturated heterocycles. The van der Waals surface area contributed by atoms with E-state index in [-0.39, 0.29) is 17.8 Å².